The molecule has 0 fully saturated rings. The van der Waals surface area contributed by atoms with Gasteiger partial charge in [0.1, 0.15) is 0 Å². The molecule has 0 aromatic heterocycles. The standard InChI is InChI=1S/C12H26N2OS/c1-10(2)5-7-15-8-6-14(11(3)4)9-12(13)16/h10-11H,5-9H2,1-4H3,(H2,13,16). The number of nitrogens with zero attached hydrogens (tertiary/aromatic N) is 1. The molecule has 16 heavy (non-hydrogen) atoms. The van der Waals surface area contributed by atoms with Gasteiger partial charge in [0.25, 0.3) is 0 Å². The highest BCUT2D eigenvalue weighted by molar-refractivity contribution is 7.80. The SMILES string of the molecule is CC(C)CCOCCN(CC(N)=S)C(C)C. The molecular weight excluding hydrogens is 220 g/mol. The van der Waals surface area contributed by atoms with E-state index in [1.54, 1.807) is 0 Å². The first-order valence-electron chi connectivity index (χ1n) is 6.03. The molecule has 0 heterocycles. The van der Waals surface area contributed by atoms with Crippen LogP contribution in [0.4, 0.5) is 0 Å². The highest BCUT2D eigenvalue weighted by atomic mass is 32.1. The minimum absolute atomic E-state index is 0.454. The molecule has 0 atom stereocenters. The van der Waals surface area contributed by atoms with Crippen LogP contribution in [0.5, 0.6) is 0 Å². The summed E-state index contributed by atoms with van der Waals surface area (Å²) in [6.45, 7) is 11.9. The van der Waals surface area contributed by atoms with Crippen molar-refractivity contribution >= 4 is 17.2 Å². The first-order chi connectivity index (χ1) is 7.43. The van der Waals surface area contributed by atoms with Gasteiger partial charge in [-0.3, -0.25) is 4.90 Å². The predicted octanol–water partition coefficient (Wildman–Crippen LogP) is 2.05. The van der Waals surface area contributed by atoms with E-state index in [1.807, 2.05) is 0 Å². The van der Waals surface area contributed by atoms with Crippen molar-refractivity contribution in [1.29, 1.82) is 0 Å². The van der Waals surface area contributed by atoms with Gasteiger partial charge in [0.15, 0.2) is 0 Å². The van der Waals surface area contributed by atoms with E-state index in [1.165, 1.54) is 0 Å². The van der Waals surface area contributed by atoms with Crippen LogP contribution in [0.15, 0.2) is 0 Å². The van der Waals surface area contributed by atoms with Crippen LogP contribution in [0.1, 0.15) is 34.1 Å². The molecule has 0 aromatic carbocycles. The molecule has 3 nitrogen and oxygen atoms in total. The number of hydrogen-bond donors (Lipinski definition) is 1. The molecule has 0 aliphatic heterocycles. The van der Waals surface area contributed by atoms with Crippen LogP contribution in [-0.2, 0) is 4.74 Å². The summed E-state index contributed by atoms with van der Waals surface area (Å²) in [5.41, 5.74) is 5.55. The Bertz CT molecular complexity index is 195. The summed E-state index contributed by atoms with van der Waals surface area (Å²) in [6, 6.07) is 0.454. The smallest absolute Gasteiger partial charge is 0.0870 e. The topological polar surface area (TPSA) is 38.5 Å². The maximum atomic E-state index is 5.58. The Hall–Kier alpha value is -0.190. The van der Waals surface area contributed by atoms with Gasteiger partial charge in [-0.05, 0) is 26.2 Å². The van der Waals surface area contributed by atoms with Crippen LogP contribution in [-0.4, -0.2) is 42.2 Å². The van der Waals surface area contributed by atoms with E-state index >= 15 is 0 Å². The molecule has 0 radical (unpaired) electrons. The zero-order valence-corrected chi connectivity index (χ0v) is 11.8. The lowest BCUT2D eigenvalue weighted by Crippen LogP contribution is -2.39. The first-order valence-corrected chi connectivity index (χ1v) is 6.44. The highest BCUT2D eigenvalue weighted by Crippen LogP contribution is 2.00. The van der Waals surface area contributed by atoms with E-state index < -0.39 is 0 Å². The Morgan fingerprint density at radius 3 is 2.31 bits per heavy atom. The number of nitrogens with two attached hydrogens (primary N) is 1. The molecule has 0 aliphatic rings. The Kier molecular flexibility index (Phi) is 8.80. The number of rotatable bonds is 9. The third kappa shape index (κ3) is 9.07. The molecule has 0 aliphatic carbocycles. The van der Waals surface area contributed by atoms with Crippen LogP contribution < -0.4 is 5.73 Å². The second-order valence-electron chi connectivity index (χ2n) is 4.83. The fourth-order valence-corrected chi connectivity index (χ4v) is 1.49. The summed E-state index contributed by atoms with van der Waals surface area (Å²) in [5, 5.41) is 0. The van der Waals surface area contributed by atoms with Crippen LogP contribution in [0, 0.1) is 5.92 Å². The lowest BCUT2D eigenvalue weighted by atomic mass is 10.1. The van der Waals surface area contributed by atoms with E-state index in [0.717, 1.165) is 26.2 Å². The third-order valence-corrected chi connectivity index (χ3v) is 2.58. The molecule has 0 bridgehead atoms. The van der Waals surface area contributed by atoms with E-state index in [9.17, 15) is 0 Å². The Morgan fingerprint density at radius 2 is 1.88 bits per heavy atom. The van der Waals surface area contributed by atoms with Gasteiger partial charge in [0, 0.05) is 25.7 Å². The molecule has 2 N–H and O–H groups in total. The third-order valence-electron chi connectivity index (χ3n) is 2.45. The van der Waals surface area contributed by atoms with Gasteiger partial charge in [-0.25, -0.2) is 0 Å². The summed E-state index contributed by atoms with van der Waals surface area (Å²) in [7, 11) is 0. The molecule has 0 saturated heterocycles. The largest absolute Gasteiger partial charge is 0.392 e. The van der Waals surface area contributed by atoms with Crippen molar-refractivity contribution in [1.82, 2.24) is 4.90 Å². The van der Waals surface area contributed by atoms with Crippen molar-refractivity contribution in [3.63, 3.8) is 0 Å². The molecule has 4 heteroatoms. The summed E-state index contributed by atoms with van der Waals surface area (Å²) in [5.74, 6) is 0.706. The second-order valence-corrected chi connectivity index (χ2v) is 5.35. The molecule has 0 saturated carbocycles. The molecular formula is C12H26N2OS. The van der Waals surface area contributed by atoms with Gasteiger partial charge in [-0.2, -0.15) is 0 Å². The predicted molar refractivity (Wildman–Crippen MR) is 73.8 cm³/mol. The zero-order chi connectivity index (χ0) is 12.6. The van der Waals surface area contributed by atoms with E-state index in [4.69, 9.17) is 22.7 Å². The van der Waals surface area contributed by atoms with Crippen LogP contribution in [0.2, 0.25) is 0 Å². The fourth-order valence-electron chi connectivity index (χ4n) is 1.32. The number of hydrogen-bond acceptors (Lipinski definition) is 3. The summed E-state index contributed by atoms with van der Waals surface area (Å²) in [6.07, 6.45) is 1.12. The minimum Gasteiger partial charge on any atom is -0.392 e. The lowest BCUT2D eigenvalue weighted by molar-refractivity contribution is 0.0921. The van der Waals surface area contributed by atoms with Gasteiger partial charge in [-0.1, -0.05) is 26.1 Å². The maximum Gasteiger partial charge on any atom is 0.0870 e. The lowest BCUT2D eigenvalue weighted by Gasteiger charge is -2.25. The van der Waals surface area contributed by atoms with Crippen LogP contribution >= 0.6 is 12.2 Å². The van der Waals surface area contributed by atoms with Crippen molar-refractivity contribution in [3.05, 3.63) is 0 Å². The fraction of sp³-hybridized carbons (Fsp3) is 0.917. The van der Waals surface area contributed by atoms with Crippen molar-refractivity contribution in [2.45, 2.75) is 40.2 Å². The summed E-state index contributed by atoms with van der Waals surface area (Å²) in [4.78, 5) is 2.79. The molecule has 0 spiro atoms. The van der Waals surface area contributed by atoms with Crippen molar-refractivity contribution in [2.75, 3.05) is 26.3 Å². The Morgan fingerprint density at radius 1 is 1.25 bits per heavy atom. The zero-order valence-electron chi connectivity index (χ0n) is 11.0. The average Bonchev–Trinajstić information content (AvgIpc) is 2.14. The van der Waals surface area contributed by atoms with E-state index in [2.05, 4.69) is 32.6 Å². The van der Waals surface area contributed by atoms with Crippen molar-refractivity contribution in [2.24, 2.45) is 11.7 Å². The summed E-state index contributed by atoms with van der Waals surface area (Å²) >= 11 is 4.92. The Labute approximate surface area is 105 Å². The van der Waals surface area contributed by atoms with Gasteiger partial charge in [0.2, 0.25) is 0 Å². The average molecular weight is 246 g/mol. The minimum atomic E-state index is 0.454. The molecule has 0 unspecified atom stereocenters. The Balaban J connectivity index is 3.64. The molecule has 0 aromatic rings. The van der Waals surface area contributed by atoms with E-state index in [0.29, 0.717) is 23.5 Å². The molecule has 0 rings (SSSR count). The normalized spacial score (nSPS) is 11.7. The van der Waals surface area contributed by atoms with Crippen molar-refractivity contribution < 1.29 is 4.74 Å². The second kappa shape index (κ2) is 8.90. The maximum absolute atomic E-state index is 5.58. The van der Waals surface area contributed by atoms with Gasteiger partial charge in [0.05, 0.1) is 11.6 Å². The van der Waals surface area contributed by atoms with Crippen LogP contribution in [0.3, 0.4) is 0 Å². The number of thiocarbonyl (C=S) groups is 1. The molecule has 96 valence electrons. The monoisotopic (exact) mass is 246 g/mol. The van der Waals surface area contributed by atoms with Crippen molar-refractivity contribution in [3.8, 4) is 0 Å². The van der Waals surface area contributed by atoms with Crippen LogP contribution in [0.25, 0.3) is 0 Å². The van der Waals surface area contributed by atoms with Gasteiger partial charge >= 0.3 is 0 Å². The highest BCUT2D eigenvalue weighted by Gasteiger charge is 2.09. The van der Waals surface area contributed by atoms with E-state index in [-0.39, 0.29) is 0 Å². The quantitative estimate of drug-likeness (QED) is 0.499. The van der Waals surface area contributed by atoms with Gasteiger partial charge in [-0.15, -0.1) is 0 Å². The van der Waals surface area contributed by atoms with Gasteiger partial charge < -0.3 is 10.5 Å². The number of ether oxygens (including phenoxy) is 1. The first kappa shape index (κ1) is 15.8. The summed E-state index contributed by atoms with van der Waals surface area (Å²) < 4.78 is 5.58. The molecule has 0 amide bonds.